The highest BCUT2D eigenvalue weighted by atomic mass is 32.2. The highest BCUT2D eigenvalue weighted by Gasteiger charge is 2.18. The van der Waals surface area contributed by atoms with E-state index in [9.17, 15) is 4.79 Å². The van der Waals surface area contributed by atoms with Crippen molar-refractivity contribution in [2.45, 2.75) is 24.5 Å². The second kappa shape index (κ2) is 3.81. The van der Waals surface area contributed by atoms with Crippen LogP contribution in [0.5, 0.6) is 0 Å². The first-order chi connectivity index (χ1) is 4.84. The van der Waals surface area contributed by atoms with Gasteiger partial charge in [-0.15, -0.1) is 0 Å². The maximum absolute atomic E-state index is 11.0. The Balaban J connectivity index is 2.38. The van der Waals surface area contributed by atoms with Crippen LogP contribution in [0.15, 0.2) is 12.7 Å². The van der Waals surface area contributed by atoms with E-state index in [0.717, 1.165) is 12.2 Å². The van der Waals surface area contributed by atoms with Crippen LogP contribution in [0.2, 0.25) is 0 Å². The largest absolute Gasteiger partial charge is 0.294 e. The van der Waals surface area contributed by atoms with Gasteiger partial charge in [-0.25, -0.2) is 0 Å². The molecule has 0 spiro atoms. The fraction of sp³-hybridized carbons (Fsp3) is 0.625. The molecule has 0 aliphatic carbocycles. The fourth-order valence-corrected chi connectivity index (χ4v) is 2.35. The van der Waals surface area contributed by atoms with Crippen molar-refractivity contribution >= 4 is 17.5 Å². The molecule has 1 heterocycles. The van der Waals surface area contributed by atoms with Gasteiger partial charge in [-0.1, -0.05) is 13.0 Å². The third-order valence-electron chi connectivity index (χ3n) is 1.70. The molecule has 1 rings (SSSR count). The number of thioether (sulfide) groups is 1. The van der Waals surface area contributed by atoms with Crippen LogP contribution in [0.3, 0.4) is 0 Å². The molecule has 1 fully saturated rings. The van der Waals surface area contributed by atoms with Crippen molar-refractivity contribution in [2.24, 2.45) is 0 Å². The van der Waals surface area contributed by atoms with Crippen LogP contribution >= 0.6 is 11.8 Å². The van der Waals surface area contributed by atoms with Crippen molar-refractivity contribution < 1.29 is 4.79 Å². The van der Waals surface area contributed by atoms with Crippen molar-refractivity contribution in [3.05, 3.63) is 12.7 Å². The highest BCUT2D eigenvalue weighted by Crippen LogP contribution is 2.25. The van der Waals surface area contributed by atoms with Crippen LogP contribution in [0, 0.1) is 0 Å². The molecule has 1 unspecified atom stereocenters. The van der Waals surface area contributed by atoms with E-state index >= 15 is 0 Å². The minimum Gasteiger partial charge on any atom is -0.294 e. The van der Waals surface area contributed by atoms with Gasteiger partial charge in [0.05, 0.1) is 5.25 Å². The van der Waals surface area contributed by atoms with Crippen molar-refractivity contribution in [1.29, 1.82) is 0 Å². The number of ketones is 1. The molecule has 0 amide bonds. The number of hydrogen-bond acceptors (Lipinski definition) is 2. The van der Waals surface area contributed by atoms with E-state index in [1.807, 2.05) is 0 Å². The summed E-state index contributed by atoms with van der Waals surface area (Å²) in [5.41, 5.74) is 0. The van der Waals surface area contributed by atoms with Crippen LogP contribution in [0.25, 0.3) is 0 Å². The summed E-state index contributed by atoms with van der Waals surface area (Å²) >= 11 is 1.78. The first-order valence-electron chi connectivity index (χ1n) is 3.62. The summed E-state index contributed by atoms with van der Waals surface area (Å²) in [6.07, 6.45) is 4.97. The molecule has 1 saturated heterocycles. The summed E-state index contributed by atoms with van der Waals surface area (Å²) in [6.45, 7) is 3.47. The van der Waals surface area contributed by atoms with Gasteiger partial charge in [0, 0.05) is 0 Å². The predicted octanol–water partition coefficient (Wildman–Crippen LogP) is 2.03. The Morgan fingerprint density at radius 1 is 1.60 bits per heavy atom. The molecule has 2 heteroatoms. The molecule has 1 aliphatic heterocycles. The van der Waals surface area contributed by atoms with Crippen LogP contribution in [-0.4, -0.2) is 16.8 Å². The summed E-state index contributed by atoms with van der Waals surface area (Å²) in [6, 6.07) is 0. The van der Waals surface area contributed by atoms with E-state index in [2.05, 4.69) is 6.58 Å². The molecule has 0 N–H and O–H groups in total. The zero-order valence-corrected chi connectivity index (χ0v) is 6.82. The van der Waals surface area contributed by atoms with Crippen LogP contribution in [-0.2, 0) is 4.79 Å². The molecule has 56 valence electrons. The summed E-state index contributed by atoms with van der Waals surface area (Å²) < 4.78 is 0. The van der Waals surface area contributed by atoms with E-state index in [1.54, 1.807) is 11.8 Å². The second-order valence-corrected chi connectivity index (χ2v) is 3.77. The molecule has 0 radical (unpaired) electrons. The lowest BCUT2D eigenvalue weighted by Gasteiger charge is -2.17. The molecule has 1 aliphatic rings. The summed E-state index contributed by atoms with van der Waals surface area (Å²) in [4.78, 5) is 11.0. The molecular weight excluding hydrogens is 144 g/mol. The third-order valence-corrected chi connectivity index (χ3v) is 3.09. The van der Waals surface area contributed by atoms with Gasteiger partial charge < -0.3 is 0 Å². The van der Waals surface area contributed by atoms with Crippen molar-refractivity contribution in [3.8, 4) is 0 Å². The molecule has 0 aromatic rings. The third kappa shape index (κ3) is 1.87. The summed E-state index contributed by atoms with van der Waals surface area (Å²) in [5.74, 6) is 1.36. The summed E-state index contributed by atoms with van der Waals surface area (Å²) in [5, 5.41) is 0.228. The van der Waals surface area contributed by atoms with Gasteiger partial charge in [0.2, 0.25) is 0 Å². The van der Waals surface area contributed by atoms with E-state index in [1.165, 1.54) is 18.9 Å². The number of carbonyl (C=O) groups excluding carboxylic acids is 1. The lowest BCUT2D eigenvalue weighted by atomic mass is 10.1. The van der Waals surface area contributed by atoms with Gasteiger partial charge in [0.1, 0.15) is 0 Å². The average Bonchev–Trinajstić information content (AvgIpc) is 2.05. The predicted molar refractivity (Wildman–Crippen MR) is 45.3 cm³/mol. The topological polar surface area (TPSA) is 17.1 Å². The van der Waals surface area contributed by atoms with Gasteiger partial charge in [-0.3, -0.25) is 4.79 Å². The minimum absolute atomic E-state index is 0.213. The van der Waals surface area contributed by atoms with Crippen molar-refractivity contribution in [3.63, 3.8) is 0 Å². The normalized spacial score (nSPS) is 25.8. The van der Waals surface area contributed by atoms with Crippen molar-refractivity contribution in [2.75, 3.05) is 5.75 Å². The van der Waals surface area contributed by atoms with Crippen LogP contribution < -0.4 is 0 Å². The van der Waals surface area contributed by atoms with E-state index < -0.39 is 0 Å². The van der Waals surface area contributed by atoms with E-state index in [0.29, 0.717) is 0 Å². The minimum atomic E-state index is 0.213. The second-order valence-electron chi connectivity index (χ2n) is 2.46. The van der Waals surface area contributed by atoms with Gasteiger partial charge in [0.25, 0.3) is 0 Å². The number of rotatable bonds is 2. The molecule has 10 heavy (non-hydrogen) atoms. The van der Waals surface area contributed by atoms with Gasteiger partial charge >= 0.3 is 0 Å². The van der Waals surface area contributed by atoms with Crippen LogP contribution in [0.1, 0.15) is 19.3 Å². The smallest absolute Gasteiger partial charge is 0.168 e. The quantitative estimate of drug-likeness (QED) is 0.569. The first kappa shape index (κ1) is 7.86. The summed E-state index contributed by atoms with van der Waals surface area (Å²) in [7, 11) is 0. The lowest BCUT2D eigenvalue weighted by Crippen LogP contribution is -2.18. The fourth-order valence-electron chi connectivity index (χ4n) is 1.10. The van der Waals surface area contributed by atoms with E-state index in [-0.39, 0.29) is 11.0 Å². The van der Waals surface area contributed by atoms with E-state index in [4.69, 9.17) is 0 Å². The molecular formula is C8H12OS. The standard InChI is InChI=1S/C8H12OS/c1-2-7(9)8-5-3-4-6-10-8/h2,8H,1,3-6H2. The van der Waals surface area contributed by atoms with Crippen LogP contribution in [0.4, 0.5) is 0 Å². The highest BCUT2D eigenvalue weighted by molar-refractivity contribution is 8.00. The first-order valence-corrected chi connectivity index (χ1v) is 4.67. The zero-order valence-electron chi connectivity index (χ0n) is 6.01. The molecule has 1 nitrogen and oxygen atoms in total. The van der Waals surface area contributed by atoms with Gasteiger partial charge in [-0.2, -0.15) is 11.8 Å². The molecule has 0 aromatic heterocycles. The monoisotopic (exact) mass is 156 g/mol. The zero-order chi connectivity index (χ0) is 7.40. The molecule has 0 aromatic carbocycles. The number of hydrogen-bond donors (Lipinski definition) is 0. The van der Waals surface area contributed by atoms with Gasteiger partial charge in [0.15, 0.2) is 5.78 Å². The maximum atomic E-state index is 11.0. The van der Waals surface area contributed by atoms with Gasteiger partial charge in [-0.05, 0) is 24.7 Å². The molecule has 0 saturated carbocycles. The Bertz CT molecular complexity index is 136. The Morgan fingerprint density at radius 2 is 2.40 bits per heavy atom. The SMILES string of the molecule is C=CC(=O)C1CCCCS1. The maximum Gasteiger partial charge on any atom is 0.168 e. The Labute approximate surface area is 65.9 Å². The number of allylic oxidation sites excluding steroid dienone is 1. The molecule has 1 atom stereocenters. The Hall–Kier alpha value is -0.240. The Kier molecular flexibility index (Phi) is 3.00. The average molecular weight is 156 g/mol. The lowest BCUT2D eigenvalue weighted by molar-refractivity contribution is -0.114. The number of carbonyl (C=O) groups is 1. The van der Waals surface area contributed by atoms with Crippen molar-refractivity contribution in [1.82, 2.24) is 0 Å². The Morgan fingerprint density at radius 3 is 2.90 bits per heavy atom. The molecule has 0 bridgehead atoms.